The summed E-state index contributed by atoms with van der Waals surface area (Å²) < 4.78 is 4.94. The van der Waals surface area contributed by atoms with E-state index in [1.807, 2.05) is 0 Å². The molecule has 0 aromatic carbocycles. The van der Waals surface area contributed by atoms with Gasteiger partial charge in [0.25, 0.3) is 0 Å². The number of rotatable bonds is 6. The maximum atomic E-state index is 11.5. The lowest BCUT2D eigenvalue weighted by molar-refractivity contribution is -0.142. The van der Waals surface area contributed by atoms with Gasteiger partial charge >= 0.3 is 5.97 Å². The number of carbonyl (C=O) groups is 1. The van der Waals surface area contributed by atoms with Crippen LogP contribution in [0.5, 0.6) is 0 Å². The average Bonchev–Trinajstić information content (AvgIpc) is 3.17. The lowest BCUT2D eigenvalue weighted by Crippen LogP contribution is -2.20. The minimum atomic E-state index is -0.282. The third kappa shape index (κ3) is 4.06. The minimum absolute atomic E-state index is 0.157. The normalized spacial score (nSPS) is 15.9. The van der Waals surface area contributed by atoms with Gasteiger partial charge in [-0.05, 0) is 44.2 Å². The zero-order valence-corrected chi connectivity index (χ0v) is 11.9. The van der Waals surface area contributed by atoms with E-state index in [-0.39, 0.29) is 17.7 Å². The molecular weight excluding hydrogens is 266 g/mol. The second kappa shape index (κ2) is 6.19. The van der Waals surface area contributed by atoms with E-state index in [1.165, 1.54) is 12.8 Å². The standard InChI is InChI=1S/C13H18ClN3O2/c1-3-19-11(18)6-10-7-15-13(14)17-12(10)16-8(2)9-4-5-9/h7-9H,3-6H2,1-2H3,(H,15,16,17)/t8-/m0/s1. The monoisotopic (exact) mass is 283 g/mol. The Morgan fingerprint density at radius 2 is 2.37 bits per heavy atom. The van der Waals surface area contributed by atoms with Gasteiger partial charge in [-0.3, -0.25) is 4.79 Å². The first-order chi connectivity index (χ1) is 9.10. The van der Waals surface area contributed by atoms with Crippen molar-refractivity contribution in [3.05, 3.63) is 17.0 Å². The first-order valence-corrected chi connectivity index (χ1v) is 6.91. The number of hydrogen-bond donors (Lipinski definition) is 1. The third-order valence-electron chi connectivity index (χ3n) is 3.17. The van der Waals surface area contributed by atoms with Crippen LogP contribution in [0.25, 0.3) is 0 Å². The number of aromatic nitrogens is 2. The van der Waals surface area contributed by atoms with Gasteiger partial charge < -0.3 is 10.1 Å². The van der Waals surface area contributed by atoms with E-state index in [0.29, 0.717) is 24.4 Å². The molecule has 1 aromatic heterocycles. The van der Waals surface area contributed by atoms with Crippen molar-refractivity contribution in [1.29, 1.82) is 0 Å². The Morgan fingerprint density at radius 3 is 3.00 bits per heavy atom. The zero-order valence-electron chi connectivity index (χ0n) is 11.1. The van der Waals surface area contributed by atoms with Crippen LogP contribution in [0.4, 0.5) is 5.82 Å². The molecule has 1 aliphatic rings. The first-order valence-electron chi connectivity index (χ1n) is 6.53. The van der Waals surface area contributed by atoms with E-state index < -0.39 is 0 Å². The summed E-state index contributed by atoms with van der Waals surface area (Å²) in [5, 5.41) is 3.50. The molecule has 1 atom stereocenters. The van der Waals surface area contributed by atoms with Crippen molar-refractivity contribution in [1.82, 2.24) is 9.97 Å². The SMILES string of the molecule is CCOC(=O)Cc1cnc(Cl)nc1N[C@@H](C)C1CC1. The Labute approximate surface area is 117 Å². The molecule has 1 fully saturated rings. The summed E-state index contributed by atoms with van der Waals surface area (Å²) in [7, 11) is 0. The van der Waals surface area contributed by atoms with E-state index in [2.05, 4.69) is 22.2 Å². The van der Waals surface area contributed by atoms with Crippen LogP contribution < -0.4 is 5.32 Å². The molecule has 5 nitrogen and oxygen atoms in total. The van der Waals surface area contributed by atoms with Crippen LogP contribution in [-0.2, 0) is 16.0 Å². The van der Waals surface area contributed by atoms with Crippen LogP contribution in [0.2, 0.25) is 5.28 Å². The summed E-state index contributed by atoms with van der Waals surface area (Å²) in [6.45, 7) is 4.26. The zero-order chi connectivity index (χ0) is 13.8. The molecule has 1 saturated carbocycles. The van der Waals surface area contributed by atoms with E-state index in [9.17, 15) is 4.79 Å². The Hall–Kier alpha value is -1.36. The molecule has 6 heteroatoms. The molecular formula is C13H18ClN3O2. The number of hydrogen-bond acceptors (Lipinski definition) is 5. The Morgan fingerprint density at radius 1 is 1.63 bits per heavy atom. The van der Waals surface area contributed by atoms with Crippen molar-refractivity contribution in [2.24, 2.45) is 5.92 Å². The maximum Gasteiger partial charge on any atom is 0.310 e. The van der Waals surface area contributed by atoms with Gasteiger partial charge in [0.15, 0.2) is 0 Å². The highest BCUT2D eigenvalue weighted by Crippen LogP contribution is 2.34. The number of nitrogens with zero attached hydrogens (tertiary/aromatic N) is 2. The fourth-order valence-electron chi connectivity index (χ4n) is 1.94. The van der Waals surface area contributed by atoms with Gasteiger partial charge in [0.1, 0.15) is 5.82 Å². The summed E-state index contributed by atoms with van der Waals surface area (Å²) in [6.07, 6.45) is 4.21. The molecule has 0 amide bonds. The highest BCUT2D eigenvalue weighted by Gasteiger charge is 2.28. The van der Waals surface area contributed by atoms with Crippen LogP contribution >= 0.6 is 11.6 Å². The molecule has 0 radical (unpaired) electrons. The summed E-state index contributed by atoms with van der Waals surface area (Å²) in [5.41, 5.74) is 0.718. The third-order valence-corrected chi connectivity index (χ3v) is 3.35. The molecule has 1 aromatic rings. The van der Waals surface area contributed by atoms with Gasteiger partial charge in [-0.1, -0.05) is 0 Å². The molecule has 0 spiro atoms. The van der Waals surface area contributed by atoms with Crippen molar-refractivity contribution < 1.29 is 9.53 Å². The predicted molar refractivity (Wildman–Crippen MR) is 73.2 cm³/mol. The number of nitrogens with one attached hydrogen (secondary N) is 1. The van der Waals surface area contributed by atoms with Crippen LogP contribution in [0.3, 0.4) is 0 Å². The second-order valence-corrected chi connectivity index (χ2v) is 5.10. The number of ether oxygens (including phenoxy) is 1. The van der Waals surface area contributed by atoms with Crippen molar-refractivity contribution in [2.45, 2.75) is 39.2 Å². The van der Waals surface area contributed by atoms with Gasteiger partial charge in [0.05, 0.1) is 13.0 Å². The minimum Gasteiger partial charge on any atom is -0.466 e. The molecule has 0 unspecified atom stereocenters. The molecule has 0 saturated heterocycles. The van der Waals surface area contributed by atoms with Crippen molar-refractivity contribution in [2.75, 3.05) is 11.9 Å². The van der Waals surface area contributed by atoms with Gasteiger partial charge in [-0.25, -0.2) is 9.97 Å². The van der Waals surface area contributed by atoms with E-state index in [4.69, 9.17) is 16.3 Å². The smallest absolute Gasteiger partial charge is 0.310 e. The highest BCUT2D eigenvalue weighted by atomic mass is 35.5. The summed E-state index contributed by atoms with van der Waals surface area (Å²) in [5.74, 6) is 1.03. The fourth-order valence-corrected chi connectivity index (χ4v) is 2.07. The molecule has 1 N–H and O–H groups in total. The number of esters is 1. The van der Waals surface area contributed by atoms with Crippen molar-refractivity contribution in [3.8, 4) is 0 Å². The Bertz CT molecular complexity index is 463. The van der Waals surface area contributed by atoms with Crippen molar-refractivity contribution in [3.63, 3.8) is 0 Å². The molecule has 0 bridgehead atoms. The number of anilines is 1. The average molecular weight is 284 g/mol. The van der Waals surface area contributed by atoms with E-state index in [0.717, 1.165) is 5.56 Å². The highest BCUT2D eigenvalue weighted by molar-refractivity contribution is 6.28. The summed E-state index contributed by atoms with van der Waals surface area (Å²) >= 11 is 5.81. The van der Waals surface area contributed by atoms with E-state index >= 15 is 0 Å². The van der Waals surface area contributed by atoms with Gasteiger partial charge in [0, 0.05) is 17.8 Å². The van der Waals surface area contributed by atoms with Crippen LogP contribution in [0.15, 0.2) is 6.20 Å². The van der Waals surface area contributed by atoms with Gasteiger partial charge in [0.2, 0.25) is 5.28 Å². The topological polar surface area (TPSA) is 64.1 Å². The van der Waals surface area contributed by atoms with Crippen molar-refractivity contribution >= 4 is 23.4 Å². The first kappa shape index (κ1) is 14.1. The molecule has 19 heavy (non-hydrogen) atoms. The lowest BCUT2D eigenvalue weighted by Gasteiger charge is -2.16. The van der Waals surface area contributed by atoms with Crippen LogP contribution in [0, 0.1) is 5.92 Å². The predicted octanol–water partition coefficient (Wildman–Crippen LogP) is 2.45. The van der Waals surface area contributed by atoms with Crippen LogP contribution in [0.1, 0.15) is 32.3 Å². The molecule has 2 rings (SSSR count). The maximum absolute atomic E-state index is 11.5. The fraction of sp³-hybridized carbons (Fsp3) is 0.615. The molecule has 0 aliphatic heterocycles. The quantitative estimate of drug-likeness (QED) is 0.642. The summed E-state index contributed by atoms with van der Waals surface area (Å²) in [6, 6.07) is 0.326. The van der Waals surface area contributed by atoms with Gasteiger partial charge in [-0.15, -0.1) is 0 Å². The largest absolute Gasteiger partial charge is 0.466 e. The number of carbonyl (C=O) groups excluding carboxylic acids is 1. The van der Waals surface area contributed by atoms with E-state index in [1.54, 1.807) is 13.1 Å². The molecule has 104 valence electrons. The second-order valence-electron chi connectivity index (χ2n) is 4.77. The summed E-state index contributed by atoms with van der Waals surface area (Å²) in [4.78, 5) is 19.6. The Kier molecular flexibility index (Phi) is 4.58. The van der Waals surface area contributed by atoms with Crippen LogP contribution in [-0.4, -0.2) is 28.6 Å². The Balaban J connectivity index is 2.09. The number of halogens is 1. The molecule has 1 heterocycles. The lowest BCUT2D eigenvalue weighted by atomic mass is 10.2. The van der Waals surface area contributed by atoms with Gasteiger partial charge in [-0.2, -0.15) is 0 Å². The molecule has 1 aliphatic carbocycles.